The van der Waals surface area contributed by atoms with Crippen LogP contribution >= 0.6 is 15.9 Å². The second-order valence-electron chi connectivity index (χ2n) is 6.34. The van der Waals surface area contributed by atoms with Crippen LogP contribution in [0.15, 0.2) is 28.7 Å². The van der Waals surface area contributed by atoms with Crippen LogP contribution in [0, 0.1) is 0 Å². The van der Waals surface area contributed by atoms with Crippen molar-refractivity contribution in [3.05, 3.63) is 34.3 Å². The number of benzene rings is 1. The standard InChI is InChI=1S/C16H24BrN3O3S/c1-19(2)7-8-20(15-6-9-24(22,23)12-15)16(21)18-11-13-4-3-5-14(17)10-13/h3-5,10,15H,6-9,11-12H2,1-2H3,(H,18,21). The molecule has 0 radical (unpaired) electrons. The molecule has 1 saturated heterocycles. The number of hydrogen-bond acceptors (Lipinski definition) is 4. The van der Waals surface area contributed by atoms with Gasteiger partial charge in [-0.05, 0) is 38.2 Å². The third kappa shape index (κ3) is 5.75. The molecule has 134 valence electrons. The molecule has 0 spiro atoms. The molecule has 1 N–H and O–H groups in total. The molecule has 1 aromatic carbocycles. The van der Waals surface area contributed by atoms with Crippen LogP contribution in [0.2, 0.25) is 0 Å². The van der Waals surface area contributed by atoms with Crippen molar-refractivity contribution in [1.29, 1.82) is 0 Å². The monoisotopic (exact) mass is 417 g/mol. The number of urea groups is 1. The molecule has 1 heterocycles. The van der Waals surface area contributed by atoms with Crippen molar-refractivity contribution in [3.8, 4) is 0 Å². The molecule has 1 aliphatic heterocycles. The minimum atomic E-state index is -3.03. The quantitative estimate of drug-likeness (QED) is 0.764. The van der Waals surface area contributed by atoms with Crippen molar-refractivity contribution < 1.29 is 13.2 Å². The Hall–Kier alpha value is -1.12. The van der Waals surface area contributed by atoms with Crippen LogP contribution in [0.25, 0.3) is 0 Å². The average Bonchev–Trinajstić information content (AvgIpc) is 2.85. The highest BCUT2D eigenvalue weighted by molar-refractivity contribution is 9.10. The van der Waals surface area contributed by atoms with Gasteiger partial charge in [-0.15, -0.1) is 0 Å². The molecular formula is C16H24BrN3O3S. The minimum absolute atomic E-state index is 0.0603. The van der Waals surface area contributed by atoms with E-state index in [1.165, 1.54) is 0 Å². The van der Waals surface area contributed by atoms with Gasteiger partial charge in [-0.1, -0.05) is 28.1 Å². The largest absolute Gasteiger partial charge is 0.334 e. The molecule has 2 amide bonds. The Bertz CT molecular complexity index is 679. The molecule has 1 fully saturated rings. The van der Waals surface area contributed by atoms with Gasteiger partial charge in [0.1, 0.15) is 0 Å². The van der Waals surface area contributed by atoms with Crippen LogP contribution in [0.5, 0.6) is 0 Å². The fourth-order valence-electron chi connectivity index (χ4n) is 2.71. The number of carbonyl (C=O) groups is 1. The average molecular weight is 418 g/mol. The molecule has 24 heavy (non-hydrogen) atoms. The van der Waals surface area contributed by atoms with Crippen molar-refractivity contribution in [1.82, 2.24) is 15.1 Å². The predicted octanol–water partition coefficient (Wildman–Crippen LogP) is 1.71. The van der Waals surface area contributed by atoms with E-state index in [1.807, 2.05) is 43.3 Å². The zero-order valence-corrected chi connectivity index (χ0v) is 16.4. The van der Waals surface area contributed by atoms with E-state index < -0.39 is 9.84 Å². The third-order valence-electron chi connectivity index (χ3n) is 4.03. The number of hydrogen-bond donors (Lipinski definition) is 1. The Morgan fingerprint density at radius 1 is 1.33 bits per heavy atom. The van der Waals surface area contributed by atoms with Gasteiger partial charge >= 0.3 is 6.03 Å². The van der Waals surface area contributed by atoms with Gasteiger partial charge in [0.2, 0.25) is 0 Å². The van der Waals surface area contributed by atoms with E-state index in [9.17, 15) is 13.2 Å². The van der Waals surface area contributed by atoms with E-state index >= 15 is 0 Å². The maximum atomic E-state index is 12.6. The lowest BCUT2D eigenvalue weighted by Crippen LogP contribution is -2.49. The molecule has 0 bridgehead atoms. The number of likely N-dealkylation sites (N-methyl/N-ethyl adjacent to an activating group) is 1. The topological polar surface area (TPSA) is 69.7 Å². The number of sulfone groups is 1. The highest BCUT2D eigenvalue weighted by Crippen LogP contribution is 2.18. The van der Waals surface area contributed by atoms with Crippen LogP contribution in [0.4, 0.5) is 4.79 Å². The highest BCUT2D eigenvalue weighted by Gasteiger charge is 2.34. The summed E-state index contributed by atoms with van der Waals surface area (Å²) in [6.07, 6.45) is 0.514. The lowest BCUT2D eigenvalue weighted by molar-refractivity contribution is 0.172. The number of nitrogens with one attached hydrogen (secondary N) is 1. The first-order valence-electron chi connectivity index (χ1n) is 7.91. The predicted molar refractivity (Wildman–Crippen MR) is 98.7 cm³/mol. The van der Waals surface area contributed by atoms with Gasteiger partial charge in [0.05, 0.1) is 11.5 Å². The Morgan fingerprint density at radius 3 is 2.67 bits per heavy atom. The zero-order valence-electron chi connectivity index (χ0n) is 14.0. The van der Waals surface area contributed by atoms with Gasteiger partial charge in [-0.2, -0.15) is 0 Å². The smallest absolute Gasteiger partial charge is 0.317 e. The van der Waals surface area contributed by atoms with E-state index in [-0.39, 0.29) is 23.6 Å². The molecule has 6 nitrogen and oxygen atoms in total. The second-order valence-corrected chi connectivity index (χ2v) is 9.49. The van der Waals surface area contributed by atoms with E-state index in [4.69, 9.17) is 0 Å². The minimum Gasteiger partial charge on any atom is -0.334 e. The fourth-order valence-corrected chi connectivity index (χ4v) is 4.88. The van der Waals surface area contributed by atoms with Crippen LogP contribution in [0.1, 0.15) is 12.0 Å². The molecule has 1 atom stereocenters. The molecule has 1 aromatic rings. The van der Waals surface area contributed by atoms with Gasteiger partial charge < -0.3 is 15.1 Å². The third-order valence-corrected chi connectivity index (χ3v) is 6.27. The fraction of sp³-hybridized carbons (Fsp3) is 0.562. The summed E-state index contributed by atoms with van der Waals surface area (Å²) in [6, 6.07) is 7.29. The lowest BCUT2D eigenvalue weighted by Gasteiger charge is -2.29. The molecule has 0 aromatic heterocycles. The van der Waals surface area contributed by atoms with Gasteiger partial charge in [0.15, 0.2) is 9.84 Å². The van der Waals surface area contributed by atoms with Gasteiger partial charge in [-0.3, -0.25) is 0 Å². The normalized spacial score (nSPS) is 19.4. The molecule has 1 unspecified atom stereocenters. The van der Waals surface area contributed by atoms with Crippen molar-refractivity contribution in [2.45, 2.75) is 19.0 Å². The van der Waals surface area contributed by atoms with Crippen molar-refractivity contribution in [3.63, 3.8) is 0 Å². The van der Waals surface area contributed by atoms with E-state index in [2.05, 4.69) is 21.2 Å². The Kier molecular flexibility index (Phi) is 6.65. The van der Waals surface area contributed by atoms with E-state index in [0.29, 0.717) is 26.1 Å². The SMILES string of the molecule is CN(C)CCN(C(=O)NCc1cccc(Br)c1)C1CCS(=O)(=O)C1. The van der Waals surface area contributed by atoms with Crippen molar-refractivity contribution >= 4 is 31.8 Å². The molecule has 1 aliphatic rings. The second kappa shape index (κ2) is 8.31. The lowest BCUT2D eigenvalue weighted by atomic mass is 10.2. The Balaban J connectivity index is 2.01. The van der Waals surface area contributed by atoms with Crippen molar-refractivity contribution in [2.75, 3.05) is 38.7 Å². The summed E-state index contributed by atoms with van der Waals surface area (Å²) in [4.78, 5) is 16.3. The molecule has 2 rings (SSSR count). The Labute approximate surface area is 152 Å². The summed E-state index contributed by atoms with van der Waals surface area (Å²) in [5.41, 5.74) is 0.990. The van der Waals surface area contributed by atoms with Gasteiger partial charge in [0.25, 0.3) is 0 Å². The summed E-state index contributed by atoms with van der Waals surface area (Å²) in [5, 5.41) is 2.91. The Morgan fingerprint density at radius 2 is 2.08 bits per heavy atom. The van der Waals surface area contributed by atoms with E-state index in [1.54, 1.807) is 4.90 Å². The van der Waals surface area contributed by atoms with Crippen molar-refractivity contribution in [2.24, 2.45) is 0 Å². The maximum absolute atomic E-state index is 12.6. The summed E-state index contributed by atoms with van der Waals surface area (Å²) in [7, 11) is 0.840. The van der Waals surface area contributed by atoms with Crippen LogP contribution in [-0.4, -0.2) is 69.0 Å². The van der Waals surface area contributed by atoms with Gasteiger partial charge in [-0.25, -0.2) is 13.2 Å². The molecular weight excluding hydrogens is 394 g/mol. The van der Waals surface area contributed by atoms with Gasteiger partial charge in [0, 0.05) is 30.1 Å². The number of amides is 2. The first-order valence-corrected chi connectivity index (χ1v) is 10.5. The highest BCUT2D eigenvalue weighted by atomic mass is 79.9. The van der Waals surface area contributed by atoms with Crippen LogP contribution in [0.3, 0.4) is 0 Å². The summed E-state index contributed by atoms with van der Waals surface area (Å²) < 4.78 is 24.5. The first-order chi connectivity index (χ1) is 11.3. The number of halogens is 1. The zero-order chi connectivity index (χ0) is 17.7. The number of carbonyl (C=O) groups excluding carboxylic acids is 1. The summed E-state index contributed by atoms with van der Waals surface area (Å²) in [6.45, 7) is 1.62. The first kappa shape index (κ1) is 19.2. The number of nitrogens with zero attached hydrogens (tertiary/aromatic N) is 2. The summed E-state index contributed by atoms with van der Waals surface area (Å²) >= 11 is 3.41. The molecule has 0 saturated carbocycles. The molecule has 8 heteroatoms. The molecule has 0 aliphatic carbocycles. The maximum Gasteiger partial charge on any atom is 0.317 e. The summed E-state index contributed by atoms with van der Waals surface area (Å²) in [5.74, 6) is 0.222. The van der Waals surface area contributed by atoms with Crippen LogP contribution < -0.4 is 5.32 Å². The van der Waals surface area contributed by atoms with E-state index in [0.717, 1.165) is 10.0 Å². The van der Waals surface area contributed by atoms with Crippen LogP contribution in [-0.2, 0) is 16.4 Å². The number of rotatable bonds is 6.